The number of aliphatic hydroxyl groups is 2. The van der Waals surface area contributed by atoms with Crippen molar-refractivity contribution in [3.8, 4) is 0 Å². The standard InChI is InChI=1S/C53H93N15O13/c1-8-31(6)42(50(78)61-35(20-12-14-22-54)45(73)60-27-40(71)66-43(32(7)70)51(79)62-36(52(80)81)21-13-15-23-55)68-47(75)38(26-33-17-10-9-11-18-33)63-48(76)39(28-69)65-46(74)37(25-29(2)3)64-49(77)41(30(4)5)67-44(72)34(56)19-16-24-59-53(57)58/h9-11,17-18,29-32,34-39,41-43,69-70H,8,12-16,19-28,54-56H2,1-7H3,(H,60,73)(H,61,78)(H,62,79)(H,63,76)(H,64,77)(H,65,74)(H,66,71)(H,67,72)(H,68,75)(H,80,81)(H4,57,58,59)/t31-,32+,34-,35-,36-,37-,38-,39-,41-,42-,43-/m0/s1. The summed E-state index contributed by atoms with van der Waals surface area (Å²) in [4.78, 5) is 139. The Bertz CT molecular complexity index is 2200. The van der Waals surface area contributed by atoms with Crippen LogP contribution < -0.4 is 76.5 Å². The molecule has 0 saturated heterocycles. The van der Waals surface area contributed by atoms with Gasteiger partial charge < -0.3 is 91.8 Å². The van der Waals surface area contributed by atoms with Crippen molar-refractivity contribution < 1.29 is 63.3 Å². The number of rotatable bonds is 40. The molecule has 0 heterocycles. The van der Waals surface area contributed by atoms with E-state index in [1.807, 2.05) is 0 Å². The monoisotopic (exact) mass is 1150 g/mol. The summed E-state index contributed by atoms with van der Waals surface area (Å²) in [6.45, 7) is 10.7. The van der Waals surface area contributed by atoms with E-state index in [1.54, 1.807) is 71.9 Å². The third-order valence-electron chi connectivity index (χ3n) is 13.1. The average molecular weight is 1150 g/mol. The molecule has 0 aliphatic rings. The second kappa shape index (κ2) is 38.6. The highest BCUT2D eigenvalue weighted by molar-refractivity contribution is 5.98. The van der Waals surface area contributed by atoms with E-state index in [-0.39, 0.29) is 57.1 Å². The minimum Gasteiger partial charge on any atom is -0.480 e. The molecule has 11 atom stereocenters. The fourth-order valence-corrected chi connectivity index (χ4v) is 8.12. The van der Waals surface area contributed by atoms with E-state index in [0.29, 0.717) is 50.6 Å². The van der Waals surface area contributed by atoms with E-state index >= 15 is 0 Å². The molecule has 1 aromatic carbocycles. The van der Waals surface area contributed by atoms with Gasteiger partial charge in [0.05, 0.1) is 25.3 Å². The van der Waals surface area contributed by atoms with Crippen LogP contribution >= 0.6 is 0 Å². The lowest BCUT2D eigenvalue weighted by atomic mass is 9.96. The number of nitrogens with one attached hydrogen (secondary N) is 9. The van der Waals surface area contributed by atoms with Gasteiger partial charge >= 0.3 is 5.97 Å². The number of hydrogen-bond acceptors (Lipinski definition) is 16. The lowest BCUT2D eigenvalue weighted by Gasteiger charge is -2.29. The number of carbonyl (C=O) groups excluding carboxylic acids is 9. The van der Waals surface area contributed by atoms with Gasteiger partial charge in [0, 0.05) is 13.0 Å². The number of carboxylic acid groups (broad SMARTS) is 1. The van der Waals surface area contributed by atoms with Crippen molar-refractivity contribution in [2.75, 3.05) is 32.8 Å². The van der Waals surface area contributed by atoms with E-state index in [2.05, 4.69) is 52.8 Å². The smallest absolute Gasteiger partial charge is 0.326 e. The van der Waals surface area contributed by atoms with Crippen LogP contribution in [0.5, 0.6) is 0 Å². The van der Waals surface area contributed by atoms with Gasteiger partial charge in [-0.25, -0.2) is 4.79 Å². The highest BCUT2D eigenvalue weighted by Gasteiger charge is 2.36. The van der Waals surface area contributed by atoms with Gasteiger partial charge in [-0.15, -0.1) is 0 Å². The second-order valence-corrected chi connectivity index (χ2v) is 20.9. The predicted octanol–water partition coefficient (Wildman–Crippen LogP) is -3.93. The fraction of sp³-hybridized carbons (Fsp3) is 0.679. The van der Waals surface area contributed by atoms with Crippen molar-refractivity contribution in [2.24, 2.45) is 51.4 Å². The number of aliphatic hydroxyl groups excluding tert-OH is 2. The Kier molecular flexibility index (Phi) is 34.3. The van der Waals surface area contributed by atoms with Crippen LogP contribution in [-0.2, 0) is 54.4 Å². The first-order chi connectivity index (χ1) is 38.2. The normalized spacial score (nSPS) is 15.3. The maximum absolute atomic E-state index is 14.4. The van der Waals surface area contributed by atoms with Crippen LogP contribution in [0.4, 0.5) is 0 Å². The maximum Gasteiger partial charge on any atom is 0.326 e. The van der Waals surface area contributed by atoms with Crippen LogP contribution in [0.15, 0.2) is 35.3 Å². The van der Waals surface area contributed by atoms with Crippen LogP contribution in [0.25, 0.3) is 0 Å². The number of aliphatic imine (C=N–C) groups is 1. The molecule has 28 heteroatoms. The van der Waals surface area contributed by atoms with Crippen molar-refractivity contribution in [3.05, 3.63) is 35.9 Å². The molecule has 0 aliphatic carbocycles. The number of nitrogens with two attached hydrogens (primary N) is 5. The molecule has 22 N–H and O–H groups in total. The van der Waals surface area contributed by atoms with Crippen molar-refractivity contribution in [1.82, 2.24) is 47.9 Å². The average Bonchev–Trinajstić information content (AvgIpc) is 3.41. The number of carboxylic acids is 1. The molecule has 458 valence electrons. The maximum atomic E-state index is 14.4. The van der Waals surface area contributed by atoms with E-state index < -0.39 is 145 Å². The van der Waals surface area contributed by atoms with Crippen molar-refractivity contribution >= 4 is 65.1 Å². The molecule has 0 fully saturated rings. The molecule has 0 aromatic heterocycles. The van der Waals surface area contributed by atoms with Gasteiger partial charge in [-0.3, -0.25) is 48.1 Å². The highest BCUT2D eigenvalue weighted by Crippen LogP contribution is 2.14. The Labute approximate surface area is 474 Å². The van der Waals surface area contributed by atoms with Crippen molar-refractivity contribution in [1.29, 1.82) is 0 Å². The first-order valence-corrected chi connectivity index (χ1v) is 27.7. The van der Waals surface area contributed by atoms with Crippen molar-refractivity contribution in [2.45, 2.75) is 180 Å². The van der Waals surface area contributed by atoms with Crippen LogP contribution in [0.3, 0.4) is 0 Å². The molecule has 0 spiro atoms. The SMILES string of the molecule is CC[C@H](C)[C@H](NC(=O)[C@H](Cc1ccccc1)NC(=O)[C@H](CO)NC(=O)[C@H](CC(C)C)NC(=O)[C@@H](NC(=O)[C@@H](N)CCCN=C(N)N)C(C)C)C(=O)N[C@@H](CCCCN)C(=O)NCC(=O)N[C@H](C(=O)N[C@@H](CCCCN)C(=O)O)[C@@H](C)O. The number of amides is 9. The zero-order valence-electron chi connectivity index (χ0n) is 48.0. The summed E-state index contributed by atoms with van der Waals surface area (Å²) in [6, 6.07) is -3.49. The first-order valence-electron chi connectivity index (χ1n) is 27.7. The Morgan fingerprint density at radius 1 is 0.568 bits per heavy atom. The Hall–Kier alpha value is -7.01. The van der Waals surface area contributed by atoms with Gasteiger partial charge in [-0.2, -0.15) is 0 Å². The van der Waals surface area contributed by atoms with Gasteiger partial charge in [0.25, 0.3) is 0 Å². The minimum absolute atomic E-state index is 0.0346. The lowest BCUT2D eigenvalue weighted by molar-refractivity contribution is -0.143. The molecule has 1 rings (SSSR count). The van der Waals surface area contributed by atoms with Gasteiger partial charge in [0.15, 0.2) is 5.96 Å². The molecule has 0 radical (unpaired) electrons. The number of carbonyl (C=O) groups is 10. The summed E-state index contributed by atoms with van der Waals surface area (Å²) in [5.74, 6) is -10.2. The van der Waals surface area contributed by atoms with E-state index in [9.17, 15) is 63.3 Å². The largest absolute Gasteiger partial charge is 0.480 e. The number of unbranched alkanes of at least 4 members (excludes halogenated alkanes) is 2. The van der Waals surface area contributed by atoms with E-state index in [4.69, 9.17) is 28.7 Å². The van der Waals surface area contributed by atoms with Crippen LogP contribution in [0.1, 0.15) is 118 Å². The molecule has 0 bridgehead atoms. The summed E-state index contributed by atoms with van der Waals surface area (Å²) in [5, 5.41) is 53.2. The summed E-state index contributed by atoms with van der Waals surface area (Å²) in [5.41, 5.74) is 28.6. The topological polar surface area (TPSA) is 482 Å². The summed E-state index contributed by atoms with van der Waals surface area (Å²) >= 11 is 0. The zero-order valence-corrected chi connectivity index (χ0v) is 48.0. The molecule has 9 amide bonds. The molecule has 1 aromatic rings. The Morgan fingerprint density at radius 3 is 1.60 bits per heavy atom. The quantitative estimate of drug-likeness (QED) is 0.0169. The zero-order chi connectivity index (χ0) is 61.4. The third kappa shape index (κ3) is 27.8. The predicted molar refractivity (Wildman–Crippen MR) is 302 cm³/mol. The lowest BCUT2D eigenvalue weighted by Crippen LogP contribution is -2.62. The van der Waals surface area contributed by atoms with Crippen LogP contribution in [0.2, 0.25) is 0 Å². The number of hydrogen-bond donors (Lipinski definition) is 17. The number of nitrogens with zero attached hydrogens (tertiary/aromatic N) is 1. The Balaban J connectivity index is 3.37. The summed E-state index contributed by atoms with van der Waals surface area (Å²) < 4.78 is 0. The summed E-state index contributed by atoms with van der Waals surface area (Å²) in [6.07, 6.45) is 1.16. The molecule has 0 saturated carbocycles. The first kappa shape index (κ1) is 72.0. The van der Waals surface area contributed by atoms with Gasteiger partial charge in [-0.1, -0.05) is 78.3 Å². The molecular weight excluding hydrogens is 1050 g/mol. The van der Waals surface area contributed by atoms with Gasteiger partial charge in [-0.05, 0) is 101 Å². The molecule has 0 aliphatic heterocycles. The van der Waals surface area contributed by atoms with Gasteiger partial charge in [0.2, 0.25) is 53.2 Å². The number of guanidine groups is 1. The van der Waals surface area contributed by atoms with E-state index in [1.165, 1.54) is 6.92 Å². The second-order valence-electron chi connectivity index (χ2n) is 20.9. The number of benzene rings is 1. The highest BCUT2D eigenvalue weighted by atomic mass is 16.4. The molecule has 81 heavy (non-hydrogen) atoms. The van der Waals surface area contributed by atoms with Crippen LogP contribution in [-0.4, -0.2) is 174 Å². The Morgan fingerprint density at radius 2 is 1.07 bits per heavy atom. The summed E-state index contributed by atoms with van der Waals surface area (Å²) in [7, 11) is 0. The van der Waals surface area contributed by atoms with E-state index in [0.717, 1.165) is 0 Å². The van der Waals surface area contributed by atoms with Crippen LogP contribution in [0, 0.1) is 17.8 Å². The minimum atomic E-state index is -1.66. The van der Waals surface area contributed by atoms with Gasteiger partial charge in [0.1, 0.15) is 48.3 Å². The fourth-order valence-electron chi connectivity index (χ4n) is 8.12. The third-order valence-corrected chi connectivity index (χ3v) is 13.1. The molecule has 28 nitrogen and oxygen atoms in total. The van der Waals surface area contributed by atoms with Crippen molar-refractivity contribution in [3.63, 3.8) is 0 Å². The number of aliphatic carboxylic acids is 1. The molecule has 0 unspecified atom stereocenters. The molecular formula is C53H93N15O13.